The van der Waals surface area contributed by atoms with Crippen LogP contribution in [0.1, 0.15) is 30.8 Å². The van der Waals surface area contributed by atoms with E-state index in [1.54, 1.807) is 6.07 Å². The van der Waals surface area contributed by atoms with Crippen molar-refractivity contribution in [3.05, 3.63) is 45.4 Å². The first kappa shape index (κ1) is 14.8. The molecule has 0 spiro atoms. The first-order valence-electron chi connectivity index (χ1n) is 6.54. The van der Waals surface area contributed by atoms with E-state index in [-0.39, 0.29) is 5.82 Å². The number of anilines is 1. The van der Waals surface area contributed by atoms with Gasteiger partial charge in [-0.05, 0) is 30.5 Å². The van der Waals surface area contributed by atoms with Gasteiger partial charge in [-0.2, -0.15) is 5.10 Å². The number of nitrogens with zero attached hydrogens (tertiary/aromatic N) is 3. The van der Waals surface area contributed by atoms with Crippen LogP contribution in [0.3, 0.4) is 0 Å². The van der Waals surface area contributed by atoms with Gasteiger partial charge >= 0.3 is 0 Å². The van der Waals surface area contributed by atoms with E-state index in [2.05, 4.69) is 36.4 Å². The number of nitrogens with one attached hydrogen (secondary N) is 1. The molecule has 0 aliphatic rings. The van der Waals surface area contributed by atoms with Crippen molar-refractivity contribution < 1.29 is 4.39 Å². The number of rotatable bonds is 5. The van der Waals surface area contributed by atoms with Crippen LogP contribution in [0.4, 0.5) is 10.3 Å². The highest BCUT2D eigenvalue weighted by molar-refractivity contribution is 9.10. The molecule has 0 bridgehead atoms. The maximum atomic E-state index is 13.0. The zero-order chi connectivity index (χ0) is 14.5. The Balaban J connectivity index is 2.10. The van der Waals surface area contributed by atoms with Crippen molar-refractivity contribution in [2.24, 2.45) is 0 Å². The number of aryl methyl sites for hydroxylation is 2. The molecule has 1 N–H and O–H groups in total. The van der Waals surface area contributed by atoms with Gasteiger partial charge in [-0.25, -0.2) is 9.37 Å². The third kappa shape index (κ3) is 3.50. The number of hydrogen-bond acceptors (Lipinski definition) is 4. The van der Waals surface area contributed by atoms with Crippen LogP contribution < -0.4 is 5.32 Å². The summed E-state index contributed by atoms with van der Waals surface area (Å²) in [7, 11) is 0. The van der Waals surface area contributed by atoms with Crippen LogP contribution in [0.25, 0.3) is 0 Å². The van der Waals surface area contributed by atoms with Crippen LogP contribution in [-0.2, 0) is 19.4 Å². The lowest BCUT2D eigenvalue weighted by Crippen LogP contribution is -2.09. The molecule has 1 aromatic carbocycles. The Morgan fingerprint density at radius 1 is 1.15 bits per heavy atom. The average molecular weight is 339 g/mol. The molecule has 0 saturated heterocycles. The SMILES string of the molecule is CCc1nnc(NCc2ccc(F)cc2Br)nc1CC. The van der Waals surface area contributed by atoms with Crippen molar-refractivity contribution in [2.45, 2.75) is 33.2 Å². The molecule has 6 heteroatoms. The molecule has 2 rings (SSSR count). The number of benzene rings is 1. The summed E-state index contributed by atoms with van der Waals surface area (Å²) in [6.07, 6.45) is 1.65. The number of halogens is 2. The molecule has 0 aliphatic heterocycles. The molecule has 0 unspecified atom stereocenters. The molecular weight excluding hydrogens is 323 g/mol. The first-order valence-corrected chi connectivity index (χ1v) is 7.33. The second-order valence-corrected chi connectivity index (χ2v) is 5.18. The van der Waals surface area contributed by atoms with E-state index < -0.39 is 0 Å². The second kappa shape index (κ2) is 6.74. The maximum absolute atomic E-state index is 13.0. The molecule has 1 aromatic heterocycles. The van der Waals surface area contributed by atoms with Crippen LogP contribution in [0, 0.1) is 5.82 Å². The van der Waals surface area contributed by atoms with E-state index in [0.717, 1.165) is 34.3 Å². The summed E-state index contributed by atoms with van der Waals surface area (Å²) in [5.41, 5.74) is 2.83. The molecular formula is C14H16BrFN4. The average Bonchev–Trinajstić information content (AvgIpc) is 2.46. The Labute approximate surface area is 126 Å². The summed E-state index contributed by atoms with van der Waals surface area (Å²) in [5.74, 6) is 0.231. The van der Waals surface area contributed by atoms with Crippen molar-refractivity contribution in [3.8, 4) is 0 Å². The highest BCUT2D eigenvalue weighted by Gasteiger charge is 2.07. The third-order valence-corrected chi connectivity index (χ3v) is 3.70. The maximum Gasteiger partial charge on any atom is 0.243 e. The normalized spacial score (nSPS) is 10.6. The monoisotopic (exact) mass is 338 g/mol. The predicted molar refractivity (Wildman–Crippen MR) is 80.0 cm³/mol. The summed E-state index contributed by atoms with van der Waals surface area (Å²) >= 11 is 3.34. The molecule has 4 nitrogen and oxygen atoms in total. The van der Waals surface area contributed by atoms with Crippen LogP contribution in [0.15, 0.2) is 22.7 Å². The van der Waals surface area contributed by atoms with Crippen LogP contribution in [-0.4, -0.2) is 15.2 Å². The lowest BCUT2D eigenvalue weighted by Gasteiger charge is -2.09. The molecule has 1 heterocycles. The van der Waals surface area contributed by atoms with Crippen molar-refractivity contribution >= 4 is 21.9 Å². The molecule has 0 fully saturated rings. The van der Waals surface area contributed by atoms with Crippen molar-refractivity contribution in [2.75, 3.05) is 5.32 Å². The van der Waals surface area contributed by atoms with E-state index >= 15 is 0 Å². The molecule has 2 aromatic rings. The molecule has 106 valence electrons. The van der Waals surface area contributed by atoms with Crippen LogP contribution in [0.5, 0.6) is 0 Å². The van der Waals surface area contributed by atoms with Gasteiger partial charge in [0.2, 0.25) is 5.95 Å². The Morgan fingerprint density at radius 3 is 2.55 bits per heavy atom. The number of aromatic nitrogens is 3. The van der Waals surface area contributed by atoms with Gasteiger partial charge in [0.1, 0.15) is 5.82 Å². The minimum atomic E-state index is -0.265. The van der Waals surface area contributed by atoms with Gasteiger partial charge in [0.25, 0.3) is 0 Å². The lowest BCUT2D eigenvalue weighted by molar-refractivity contribution is 0.626. The Morgan fingerprint density at radius 2 is 1.90 bits per heavy atom. The van der Waals surface area contributed by atoms with Crippen molar-refractivity contribution in [3.63, 3.8) is 0 Å². The number of hydrogen-bond donors (Lipinski definition) is 1. The topological polar surface area (TPSA) is 50.7 Å². The van der Waals surface area contributed by atoms with Gasteiger partial charge in [0.05, 0.1) is 11.4 Å². The molecule has 20 heavy (non-hydrogen) atoms. The van der Waals surface area contributed by atoms with E-state index in [1.165, 1.54) is 12.1 Å². The zero-order valence-corrected chi connectivity index (χ0v) is 13.0. The van der Waals surface area contributed by atoms with Gasteiger partial charge in [0.15, 0.2) is 0 Å². The Kier molecular flexibility index (Phi) is 5.00. The quantitative estimate of drug-likeness (QED) is 0.906. The summed E-state index contributed by atoms with van der Waals surface area (Å²) in [4.78, 5) is 4.45. The second-order valence-electron chi connectivity index (χ2n) is 4.33. The minimum absolute atomic E-state index is 0.265. The fourth-order valence-electron chi connectivity index (χ4n) is 1.85. The molecule has 0 atom stereocenters. The smallest absolute Gasteiger partial charge is 0.243 e. The van der Waals surface area contributed by atoms with Crippen molar-refractivity contribution in [1.82, 2.24) is 15.2 Å². The highest BCUT2D eigenvalue weighted by atomic mass is 79.9. The predicted octanol–water partition coefficient (Wildman–Crippen LogP) is 3.51. The highest BCUT2D eigenvalue weighted by Crippen LogP contribution is 2.18. The van der Waals surface area contributed by atoms with Gasteiger partial charge in [0, 0.05) is 11.0 Å². The van der Waals surface area contributed by atoms with E-state index in [0.29, 0.717) is 12.5 Å². The van der Waals surface area contributed by atoms with Gasteiger partial charge in [-0.1, -0.05) is 35.8 Å². The summed E-state index contributed by atoms with van der Waals surface area (Å²) in [6.45, 7) is 4.59. The van der Waals surface area contributed by atoms with Crippen LogP contribution in [0.2, 0.25) is 0 Å². The molecule has 0 aliphatic carbocycles. The molecule has 0 radical (unpaired) electrons. The minimum Gasteiger partial charge on any atom is -0.349 e. The standard InChI is InChI=1S/C14H16BrFN4/c1-3-12-13(4-2)19-20-14(18-12)17-8-9-5-6-10(16)7-11(9)15/h5-7H,3-4,8H2,1-2H3,(H,17,18,20). The van der Waals surface area contributed by atoms with Gasteiger partial charge in [-0.15, -0.1) is 5.10 Å². The Bertz CT molecular complexity index is 604. The fourth-order valence-corrected chi connectivity index (χ4v) is 2.34. The van der Waals surface area contributed by atoms with E-state index in [4.69, 9.17) is 0 Å². The lowest BCUT2D eigenvalue weighted by atomic mass is 10.2. The largest absolute Gasteiger partial charge is 0.349 e. The first-order chi connectivity index (χ1) is 9.63. The zero-order valence-electron chi connectivity index (χ0n) is 11.5. The van der Waals surface area contributed by atoms with E-state index in [1.807, 2.05) is 13.8 Å². The Hall–Kier alpha value is -1.56. The van der Waals surface area contributed by atoms with E-state index in [9.17, 15) is 4.39 Å². The van der Waals surface area contributed by atoms with Crippen molar-refractivity contribution in [1.29, 1.82) is 0 Å². The third-order valence-electron chi connectivity index (χ3n) is 2.96. The van der Waals surface area contributed by atoms with Gasteiger partial charge in [-0.3, -0.25) is 0 Å². The summed E-state index contributed by atoms with van der Waals surface area (Å²) in [5, 5.41) is 11.3. The fraction of sp³-hybridized carbons (Fsp3) is 0.357. The summed E-state index contributed by atoms with van der Waals surface area (Å²) < 4.78 is 13.7. The van der Waals surface area contributed by atoms with Crippen LogP contribution >= 0.6 is 15.9 Å². The summed E-state index contributed by atoms with van der Waals surface area (Å²) in [6, 6.07) is 4.59. The van der Waals surface area contributed by atoms with Gasteiger partial charge < -0.3 is 5.32 Å². The molecule has 0 saturated carbocycles. The molecule has 0 amide bonds.